The number of carboxylic acids is 1. The van der Waals surface area contributed by atoms with Crippen molar-refractivity contribution in [3.63, 3.8) is 0 Å². The summed E-state index contributed by atoms with van der Waals surface area (Å²) in [5.41, 5.74) is 1.26. The van der Waals surface area contributed by atoms with Crippen LogP contribution in [0.4, 0.5) is 0 Å². The van der Waals surface area contributed by atoms with Crippen LogP contribution in [0.5, 0.6) is 0 Å². The highest BCUT2D eigenvalue weighted by Gasteiger charge is 2.38. The van der Waals surface area contributed by atoms with Crippen molar-refractivity contribution in [3.8, 4) is 0 Å². The van der Waals surface area contributed by atoms with Crippen LogP contribution >= 0.6 is 12.4 Å². The van der Waals surface area contributed by atoms with Gasteiger partial charge in [-0.25, -0.2) is 0 Å². The molecular weight excluding hydrogens is 262 g/mol. The largest absolute Gasteiger partial charge is 0.481 e. The van der Waals surface area contributed by atoms with Crippen LogP contribution in [0.1, 0.15) is 19.4 Å². The Morgan fingerprint density at radius 2 is 1.95 bits per heavy atom. The van der Waals surface area contributed by atoms with Crippen molar-refractivity contribution in [2.75, 3.05) is 13.1 Å². The summed E-state index contributed by atoms with van der Waals surface area (Å²) >= 11 is 0. The molecule has 4 heteroatoms. The third-order valence-electron chi connectivity index (χ3n) is 3.86. The summed E-state index contributed by atoms with van der Waals surface area (Å²) in [7, 11) is 0. The highest BCUT2D eigenvalue weighted by molar-refractivity contribution is 5.85. The average Bonchev–Trinajstić information content (AvgIpc) is 2.74. The fourth-order valence-corrected chi connectivity index (χ4v) is 2.82. The van der Waals surface area contributed by atoms with Gasteiger partial charge in [-0.1, -0.05) is 44.2 Å². The van der Waals surface area contributed by atoms with Gasteiger partial charge in [0.25, 0.3) is 0 Å². The van der Waals surface area contributed by atoms with Crippen LogP contribution in [0.2, 0.25) is 0 Å². The Bertz CT molecular complexity index is 408. The third-order valence-corrected chi connectivity index (χ3v) is 3.86. The van der Waals surface area contributed by atoms with Crippen LogP contribution < -0.4 is 0 Å². The van der Waals surface area contributed by atoms with E-state index in [-0.39, 0.29) is 24.2 Å². The van der Waals surface area contributed by atoms with E-state index in [9.17, 15) is 9.90 Å². The van der Waals surface area contributed by atoms with E-state index in [0.717, 1.165) is 13.1 Å². The molecule has 106 valence electrons. The lowest BCUT2D eigenvalue weighted by molar-refractivity contribution is -0.143. The van der Waals surface area contributed by atoms with Crippen LogP contribution in [-0.4, -0.2) is 29.1 Å². The molecule has 1 fully saturated rings. The molecule has 0 aromatic heterocycles. The van der Waals surface area contributed by atoms with Gasteiger partial charge in [0.05, 0.1) is 5.92 Å². The van der Waals surface area contributed by atoms with Crippen molar-refractivity contribution < 1.29 is 9.90 Å². The summed E-state index contributed by atoms with van der Waals surface area (Å²) in [5, 5.41) is 9.29. The standard InChI is InChI=1S/C15H21NO2.ClH/c1-11(2)13-9-16(10-14(13)15(17)18)8-12-6-4-3-5-7-12;/h3-7,11,13-14H,8-10H2,1-2H3,(H,17,18);1H/t13-,14-;/m1./s1. The Kier molecular flexibility index (Phi) is 5.83. The molecule has 1 aliphatic heterocycles. The van der Waals surface area contributed by atoms with E-state index >= 15 is 0 Å². The van der Waals surface area contributed by atoms with Crippen molar-refractivity contribution in [3.05, 3.63) is 35.9 Å². The number of hydrogen-bond acceptors (Lipinski definition) is 2. The van der Waals surface area contributed by atoms with Gasteiger partial charge in [-0.15, -0.1) is 12.4 Å². The van der Waals surface area contributed by atoms with Gasteiger partial charge in [0, 0.05) is 19.6 Å². The van der Waals surface area contributed by atoms with E-state index in [1.54, 1.807) is 0 Å². The lowest BCUT2D eigenvalue weighted by Crippen LogP contribution is -2.25. The molecule has 3 nitrogen and oxygen atoms in total. The summed E-state index contributed by atoms with van der Waals surface area (Å²) in [6, 6.07) is 10.3. The van der Waals surface area contributed by atoms with Gasteiger partial charge < -0.3 is 5.11 Å². The summed E-state index contributed by atoms with van der Waals surface area (Å²) in [4.78, 5) is 13.6. The zero-order valence-electron chi connectivity index (χ0n) is 11.5. The van der Waals surface area contributed by atoms with Crippen molar-refractivity contribution in [2.24, 2.45) is 17.8 Å². The number of hydrogen-bond donors (Lipinski definition) is 1. The second-order valence-corrected chi connectivity index (χ2v) is 5.53. The molecule has 1 N–H and O–H groups in total. The molecule has 2 rings (SSSR count). The number of likely N-dealkylation sites (tertiary alicyclic amines) is 1. The van der Waals surface area contributed by atoms with E-state index in [0.29, 0.717) is 12.5 Å². The zero-order chi connectivity index (χ0) is 13.1. The maximum Gasteiger partial charge on any atom is 0.308 e. The quantitative estimate of drug-likeness (QED) is 0.924. The molecule has 1 saturated heterocycles. The molecule has 0 saturated carbocycles. The third kappa shape index (κ3) is 3.95. The number of nitrogens with zero attached hydrogens (tertiary/aromatic N) is 1. The first-order chi connectivity index (χ1) is 8.58. The number of halogens is 1. The molecule has 19 heavy (non-hydrogen) atoms. The molecule has 1 aliphatic rings. The van der Waals surface area contributed by atoms with E-state index < -0.39 is 5.97 Å². The molecule has 0 bridgehead atoms. The van der Waals surface area contributed by atoms with Gasteiger partial charge in [0.15, 0.2) is 0 Å². The molecule has 0 unspecified atom stereocenters. The maximum atomic E-state index is 11.3. The van der Waals surface area contributed by atoms with E-state index in [4.69, 9.17) is 0 Å². The Balaban J connectivity index is 0.00000180. The first-order valence-electron chi connectivity index (χ1n) is 6.57. The van der Waals surface area contributed by atoms with E-state index in [1.807, 2.05) is 18.2 Å². The monoisotopic (exact) mass is 283 g/mol. The SMILES string of the molecule is CC(C)[C@H]1CN(Cc2ccccc2)C[C@H]1C(=O)O.Cl. The summed E-state index contributed by atoms with van der Waals surface area (Å²) in [6.07, 6.45) is 0. The van der Waals surface area contributed by atoms with E-state index in [1.165, 1.54) is 5.56 Å². The normalized spacial score (nSPS) is 23.3. The second-order valence-electron chi connectivity index (χ2n) is 5.53. The molecule has 1 aromatic rings. The fourth-order valence-electron chi connectivity index (χ4n) is 2.82. The summed E-state index contributed by atoms with van der Waals surface area (Å²) < 4.78 is 0. The minimum atomic E-state index is -0.649. The molecule has 1 aromatic carbocycles. The van der Waals surface area contributed by atoms with Crippen molar-refractivity contribution in [1.82, 2.24) is 4.90 Å². The van der Waals surface area contributed by atoms with Crippen LogP contribution in [0.15, 0.2) is 30.3 Å². The van der Waals surface area contributed by atoms with Gasteiger partial charge in [-0.05, 0) is 17.4 Å². The van der Waals surface area contributed by atoms with Gasteiger partial charge in [0.2, 0.25) is 0 Å². The molecule has 2 atom stereocenters. The predicted octanol–water partition coefficient (Wildman–Crippen LogP) is 2.90. The smallest absolute Gasteiger partial charge is 0.308 e. The Morgan fingerprint density at radius 3 is 2.42 bits per heavy atom. The maximum absolute atomic E-state index is 11.3. The Hall–Kier alpha value is -1.06. The van der Waals surface area contributed by atoms with Crippen molar-refractivity contribution >= 4 is 18.4 Å². The average molecular weight is 284 g/mol. The van der Waals surface area contributed by atoms with Gasteiger partial charge >= 0.3 is 5.97 Å². The van der Waals surface area contributed by atoms with Crippen LogP contribution in [0.25, 0.3) is 0 Å². The van der Waals surface area contributed by atoms with Gasteiger partial charge in [-0.2, -0.15) is 0 Å². The molecular formula is C15H22ClNO2. The topological polar surface area (TPSA) is 40.5 Å². The van der Waals surface area contributed by atoms with Crippen LogP contribution in [0.3, 0.4) is 0 Å². The molecule has 0 amide bonds. The number of aliphatic carboxylic acids is 1. The first kappa shape index (κ1) is 16.0. The number of rotatable bonds is 4. The summed E-state index contributed by atoms with van der Waals surface area (Å²) in [6.45, 7) is 6.66. The van der Waals surface area contributed by atoms with Crippen LogP contribution in [0, 0.1) is 17.8 Å². The lowest BCUT2D eigenvalue weighted by Gasteiger charge is -2.18. The molecule has 1 heterocycles. The molecule has 0 aliphatic carbocycles. The fraction of sp³-hybridized carbons (Fsp3) is 0.533. The predicted molar refractivity (Wildman–Crippen MR) is 78.4 cm³/mol. The van der Waals surface area contributed by atoms with Gasteiger partial charge in [-0.3, -0.25) is 9.69 Å². The molecule has 0 spiro atoms. The zero-order valence-corrected chi connectivity index (χ0v) is 12.3. The number of carboxylic acid groups (broad SMARTS) is 1. The lowest BCUT2D eigenvalue weighted by atomic mass is 9.86. The van der Waals surface area contributed by atoms with Gasteiger partial charge in [0.1, 0.15) is 0 Å². The Morgan fingerprint density at radius 1 is 1.32 bits per heavy atom. The summed E-state index contributed by atoms with van der Waals surface area (Å²) in [5.74, 6) is -0.170. The molecule has 0 radical (unpaired) electrons. The highest BCUT2D eigenvalue weighted by Crippen LogP contribution is 2.30. The highest BCUT2D eigenvalue weighted by atomic mass is 35.5. The van der Waals surface area contributed by atoms with Crippen molar-refractivity contribution in [1.29, 1.82) is 0 Å². The number of carbonyl (C=O) groups is 1. The minimum absolute atomic E-state index is 0. The Labute approximate surface area is 121 Å². The second kappa shape index (κ2) is 6.92. The van der Waals surface area contributed by atoms with Crippen molar-refractivity contribution in [2.45, 2.75) is 20.4 Å². The van der Waals surface area contributed by atoms with Crippen LogP contribution in [-0.2, 0) is 11.3 Å². The minimum Gasteiger partial charge on any atom is -0.481 e. The number of benzene rings is 1. The first-order valence-corrected chi connectivity index (χ1v) is 6.57. The van der Waals surface area contributed by atoms with E-state index in [2.05, 4.69) is 30.9 Å².